The van der Waals surface area contributed by atoms with Gasteiger partial charge < -0.3 is 0 Å². The van der Waals surface area contributed by atoms with Gasteiger partial charge in [-0.05, 0) is 43.9 Å². The first-order valence-electron chi connectivity index (χ1n) is 8.42. The van der Waals surface area contributed by atoms with Crippen molar-refractivity contribution >= 4 is 32.3 Å². The van der Waals surface area contributed by atoms with Gasteiger partial charge in [0.25, 0.3) is 0 Å². The molecule has 0 saturated carbocycles. The van der Waals surface area contributed by atoms with Gasteiger partial charge in [0.05, 0.1) is 0 Å². The molecule has 1 heteroatoms. The zero-order chi connectivity index (χ0) is 16.8. The zero-order valence-electron chi connectivity index (χ0n) is 13.5. The van der Waals surface area contributed by atoms with Crippen LogP contribution in [0.2, 0.25) is 0 Å². The van der Waals surface area contributed by atoms with Crippen LogP contribution in [0.1, 0.15) is 0 Å². The van der Waals surface area contributed by atoms with E-state index < -0.39 is 0 Å². The lowest BCUT2D eigenvalue weighted by Gasteiger charge is -2.14. The van der Waals surface area contributed by atoms with Gasteiger partial charge in [-0.15, -0.1) is 0 Å². The molecular formula is C24H15F. The van der Waals surface area contributed by atoms with Crippen molar-refractivity contribution in [1.29, 1.82) is 0 Å². The van der Waals surface area contributed by atoms with Crippen LogP contribution in [0.3, 0.4) is 0 Å². The van der Waals surface area contributed by atoms with E-state index in [2.05, 4.69) is 54.6 Å². The van der Waals surface area contributed by atoms with E-state index in [-0.39, 0.29) is 5.82 Å². The summed E-state index contributed by atoms with van der Waals surface area (Å²) in [5.74, 6) is -0.188. The molecular weight excluding hydrogens is 307 g/mol. The van der Waals surface area contributed by atoms with Crippen LogP contribution in [0.25, 0.3) is 43.4 Å². The van der Waals surface area contributed by atoms with E-state index in [1.165, 1.54) is 22.2 Å². The molecule has 0 unspecified atom stereocenters. The Morgan fingerprint density at radius 3 is 1.48 bits per heavy atom. The Hall–Kier alpha value is -3.19. The van der Waals surface area contributed by atoms with Crippen molar-refractivity contribution in [2.75, 3.05) is 0 Å². The van der Waals surface area contributed by atoms with Gasteiger partial charge in [0.2, 0.25) is 0 Å². The van der Waals surface area contributed by atoms with E-state index in [0.717, 1.165) is 21.7 Å². The Labute approximate surface area is 145 Å². The van der Waals surface area contributed by atoms with Crippen molar-refractivity contribution in [2.24, 2.45) is 0 Å². The Bertz CT molecular complexity index is 1210. The quantitative estimate of drug-likeness (QED) is 0.293. The highest BCUT2D eigenvalue weighted by molar-refractivity contribution is 6.28. The molecule has 0 bridgehead atoms. The van der Waals surface area contributed by atoms with E-state index in [1.54, 1.807) is 6.07 Å². The van der Waals surface area contributed by atoms with E-state index in [9.17, 15) is 4.39 Å². The van der Waals surface area contributed by atoms with Crippen molar-refractivity contribution in [2.45, 2.75) is 0 Å². The molecule has 5 rings (SSSR count). The van der Waals surface area contributed by atoms with E-state index in [1.807, 2.05) is 24.3 Å². The molecule has 25 heavy (non-hydrogen) atoms. The molecule has 5 aromatic carbocycles. The fourth-order valence-corrected chi connectivity index (χ4v) is 3.86. The topological polar surface area (TPSA) is 0 Å². The molecule has 0 radical (unpaired) electrons. The molecule has 0 saturated heterocycles. The van der Waals surface area contributed by atoms with Gasteiger partial charge >= 0.3 is 0 Å². The predicted molar refractivity (Wildman–Crippen MR) is 104 cm³/mol. The Kier molecular flexibility index (Phi) is 3.07. The van der Waals surface area contributed by atoms with Crippen LogP contribution in [-0.2, 0) is 0 Å². The smallest absolute Gasteiger partial charge is 0.131 e. The van der Waals surface area contributed by atoms with Crippen LogP contribution in [-0.4, -0.2) is 0 Å². The predicted octanol–water partition coefficient (Wildman–Crippen LogP) is 6.95. The van der Waals surface area contributed by atoms with Gasteiger partial charge in [0, 0.05) is 5.56 Å². The van der Waals surface area contributed by atoms with E-state index in [4.69, 9.17) is 0 Å². The van der Waals surface area contributed by atoms with Crippen molar-refractivity contribution in [3.05, 3.63) is 96.8 Å². The van der Waals surface area contributed by atoms with Crippen LogP contribution < -0.4 is 0 Å². The summed E-state index contributed by atoms with van der Waals surface area (Å²) in [7, 11) is 0. The number of halogens is 1. The second kappa shape index (κ2) is 5.42. The summed E-state index contributed by atoms with van der Waals surface area (Å²) < 4.78 is 14.5. The number of fused-ring (bicyclic) bond motifs is 6. The number of hydrogen-bond acceptors (Lipinski definition) is 0. The van der Waals surface area contributed by atoms with Gasteiger partial charge in [-0.1, -0.05) is 84.9 Å². The summed E-state index contributed by atoms with van der Waals surface area (Å²) in [6.45, 7) is 0. The van der Waals surface area contributed by atoms with E-state index in [0.29, 0.717) is 5.56 Å². The Morgan fingerprint density at radius 1 is 0.400 bits per heavy atom. The third-order valence-electron chi connectivity index (χ3n) is 4.93. The van der Waals surface area contributed by atoms with Crippen molar-refractivity contribution in [3.8, 4) is 11.1 Å². The van der Waals surface area contributed by atoms with Gasteiger partial charge in [-0.3, -0.25) is 0 Å². The van der Waals surface area contributed by atoms with Crippen LogP contribution in [0, 0.1) is 5.82 Å². The minimum atomic E-state index is -0.188. The molecule has 0 heterocycles. The molecule has 0 aliphatic rings. The van der Waals surface area contributed by atoms with Crippen molar-refractivity contribution < 1.29 is 4.39 Å². The molecule has 0 spiro atoms. The SMILES string of the molecule is Fc1ccccc1-c1cccc2c3ccccc3c3ccccc3c12. The summed E-state index contributed by atoms with van der Waals surface area (Å²) in [4.78, 5) is 0. The molecule has 0 amide bonds. The summed E-state index contributed by atoms with van der Waals surface area (Å²) in [5, 5.41) is 7.08. The van der Waals surface area contributed by atoms with Crippen molar-refractivity contribution in [3.63, 3.8) is 0 Å². The summed E-state index contributed by atoms with van der Waals surface area (Å²) in [6, 6.07) is 30.0. The molecule has 0 aromatic heterocycles. The number of benzene rings is 5. The lowest BCUT2D eigenvalue weighted by molar-refractivity contribution is 0.631. The Balaban J connectivity index is 2.08. The maximum atomic E-state index is 14.5. The average molecular weight is 322 g/mol. The molecule has 0 N–H and O–H groups in total. The molecule has 0 atom stereocenters. The summed E-state index contributed by atoms with van der Waals surface area (Å²) >= 11 is 0. The fraction of sp³-hybridized carbons (Fsp3) is 0. The monoisotopic (exact) mass is 322 g/mol. The van der Waals surface area contributed by atoms with Gasteiger partial charge in [-0.25, -0.2) is 4.39 Å². The first-order chi connectivity index (χ1) is 12.3. The van der Waals surface area contributed by atoms with Gasteiger partial charge in [0.1, 0.15) is 5.82 Å². The third-order valence-corrected chi connectivity index (χ3v) is 4.93. The summed E-state index contributed by atoms with van der Waals surface area (Å²) in [6.07, 6.45) is 0. The second-order valence-electron chi connectivity index (χ2n) is 6.30. The highest BCUT2D eigenvalue weighted by Gasteiger charge is 2.13. The third kappa shape index (κ3) is 2.06. The highest BCUT2D eigenvalue weighted by atomic mass is 19.1. The second-order valence-corrected chi connectivity index (χ2v) is 6.30. The first kappa shape index (κ1) is 14.2. The average Bonchev–Trinajstić information content (AvgIpc) is 2.68. The maximum Gasteiger partial charge on any atom is 0.131 e. The van der Waals surface area contributed by atoms with Crippen molar-refractivity contribution in [1.82, 2.24) is 0 Å². The minimum absolute atomic E-state index is 0.188. The molecule has 118 valence electrons. The standard InChI is InChI=1S/C24H15F/c25-23-15-6-5-11-19(23)22-14-7-13-21-18-9-2-1-8-16(18)17-10-3-4-12-20(17)24(21)22/h1-15H. The molecule has 0 fully saturated rings. The van der Waals surface area contributed by atoms with E-state index >= 15 is 0 Å². The minimum Gasteiger partial charge on any atom is -0.206 e. The molecule has 0 aliphatic heterocycles. The summed E-state index contributed by atoms with van der Waals surface area (Å²) in [5.41, 5.74) is 1.59. The molecule has 0 nitrogen and oxygen atoms in total. The fourth-order valence-electron chi connectivity index (χ4n) is 3.86. The highest BCUT2D eigenvalue weighted by Crippen LogP contribution is 2.40. The van der Waals surface area contributed by atoms with Crippen LogP contribution in [0.15, 0.2) is 91.0 Å². The molecule has 5 aromatic rings. The van der Waals surface area contributed by atoms with Gasteiger partial charge in [0.15, 0.2) is 0 Å². The Morgan fingerprint density at radius 2 is 0.840 bits per heavy atom. The zero-order valence-corrected chi connectivity index (χ0v) is 13.5. The maximum absolute atomic E-state index is 14.5. The van der Waals surface area contributed by atoms with Crippen LogP contribution in [0.5, 0.6) is 0 Å². The largest absolute Gasteiger partial charge is 0.206 e. The number of rotatable bonds is 1. The normalized spacial score (nSPS) is 11.4. The lowest BCUT2D eigenvalue weighted by Crippen LogP contribution is -1.89. The molecule has 0 aliphatic carbocycles. The van der Waals surface area contributed by atoms with Crippen LogP contribution in [0.4, 0.5) is 4.39 Å². The lowest BCUT2D eigenvalue weighted by atomic mass is 9.89. The van der Waals surface area contributed by atoms with Gasteiger partial charge in [-0.2, -0.15) is 0 Å². The van der Waals surface area contributed by atoms with Crippen LogP contribution >= 0.6 is 0 Å². The number of hydrogen-bond donors (Lipinski definition) is 0. The first-order valence-corrected chi connectivity index (χ1v) is 8.42.